The van der Waals surface area contributed by atoms with E-state index in [9.17, 15) is 4.79 Å². The number of carbonyl (C=O) groups is 1. The van der Waals surface area contributed by atoms with E-state index in [0.29, 0.717) is 12.6 Å². The van der Waals surface area contributed by atoms with Gasteiger partial charge in [0, 0.05) is 30.6 Å². The fraction of sp³-hybridized carbons (Fsp3) is 0.588. The molecule has 1 atom stereocenters. The second kappa shape index (κ2) is 6.58. The maximum Gasteiger partial charge on any atom is 0.165 e. The number of benzene rings is 1. The molecular weight excluding hydrogens is 264 g/mol. The summed E-state index contributed by atoms with van der Waals surface area (Å²) >= 11 is 0. The number of hydrogen-bond acceptors (Lipinski definition) is 4. The fourth-order valence-corrected chi connectivity index (χ4v) is 2.84. The standard InChI is InChI=1S/C17H24N2O2/c18-15-8-10-19(12-15)9-1-11-21-16-6-4-14(5-7-16)17(20)13-2-3-13/h4-7,13,15H,1-3,8-12,18H2/t15-/m1/s1. The summed E-state index contributed by atoms with van der Waals surface area (Å²) in [5.41, 5.74) is 6.70. The topological polar surface area (TPSA) is 55.6 Å². The maximum atomic E-state index is 11.9. The SMILES string of the molecule is N[C@@H]1CCN(CCCOc2ccc(C(=O)C3CC3)cc2)C1. The molecule has 4 heteroatoms. The van der Waals surface area contributed by atoms with Crippen LogP contribution in [0, 0.1) is 5.92 Å². The molecule has 1 saturated carbocycles. The average Bonchev–Trinajstić information content (AvgIpc) is 3.27. The summed E-state index contributed by atoms with van der Waals surface area (Å²) in [6.45, 7) is 3.88. The predicted molar refractivity (Wildman–Crippen MR) is 82.6 cm³/mol. The van der Waals surface area contributed by atoms with Gasteiger partial charge in [-0.25, -0.2) is 0 Å². The van der Waals surface area contributed by atoms with Crippen LogP contribution in [0.25, 0.3) is 0 Å². The zero-order valence-electron chi connectivity index (χ0n) is 12.5. The smallest absolute Gasteiger partial charge is 0.165 e. The lowest BCUT2D eigenvalue weighted by atomic mass is 10.1. The number of Topliss-reactive ketones (excluding diaryl/α,β-unsaturated/α-hetero) is 1. The molecule has 1 aromatic carbocycles. The summed E-state index contributed by atoms with van der Waals surface area (Å²) in [5.74, 6) is 1.41. The van der Waals surface area contributed by atoms with Crippen LogP contribution in [0.1, 0.15) is 36.0 Å². The summed E-state index contributed by atoms with van der Waals surface area (Å²) in [7, 11) is 0. The number of likely N-dealkylation sites (tertiary alicyclic amines) is 1. The van der Waals surface area contributed by atoms with Crippen molar-refractivity contribution in [2.45, 2.75) is 31.7 Å². The van der Waals surface area contributed by atoms with Gasteiger partial charge in [-0.15, -0.1) is 0 Å². The molecule has 1 saturated heterocycles. The quantitative estimate of drug-likeness (QED) is 0.616. The molecule has 1 heterocycles. The maximum absolute atomic E-state index is 11.9. The van der Waals surface area contributed by atoms with Crippen molar-refractivity contribution < 1.29 is 9.53 Å². The van der Waals surface area contributed by atoms with Crippen molar-refractivity contribution in [3.8, 4) is 5.75 Å². The molecule has 0 unspecified atom stereocenters. The first-order valence-electron chi connectivity index (χ1n) is 7.97. The van der Waals surface area contributed by atoms with E-state index < -0.39 is 0 Å². The van der Waals surface area contributed by atoms with Crippen LogP contribution in [-0.4, -0.2) is 43.0 Å². The third-order valence-electron chi connectivity index (χ3n) is 4.28. The van der Waals surface area contributed by atoms with Crippen LogP contribution >= 0.6 is 0 Å². The lowest BCUT2D eigenvalue weighted by Crippen LogP contribution is -2.28. The van der Waals surface area contributed by atoms with Crippen molar-refractivity contribution in [3.05, 3.63) is 29.8 Å². The van der Waals surface area contributed by atoms with Gasteiger partial charge in [-0.2, -0.15) is 0 Å². The van der Waals surface area contributed by atoms with Crippen molar-refractivity contribution in [1.29, 1.82) is 0 Å². The van der Waals surface area contributed by atoms with Crippen molar-refractivity contribution >= 4 is 5.78 Å². The third-order valence-corrected chi connectivity index (χ3v) is 4.28. The molecule has 1 aliphatic carbocycles. The first-order valence-corrected chi connectivity index (χ1v) is 7.97. The van der Waals surface area contributed by atoms with E-state index in [1.54, 1.807) is 0 Å². The third kappa shape index (κ3) is 4.05. The molecule has 2 fully saturated rings. The molecule has 0 amide bonds. The van der Waals surface area contributed by atoms with Gasteiger partial charge in [0.05, 0.1) is 6.61 Å². The zero-order valence-corrected chi connectivity index (χ0v) is 12.5. The minimum Gasteiger partial charge on any atom is -0.494 e. The highest BCUT2D eigenvalue weighted by Crippen LogP contribution is 2.32. The van der Waals surface area contributed by atoms with Crippen LogP contribution in [0.5, 0.6) is 5.75 Å². The lowest BCUT2D eigenvalue weighted by Gasteiger charge is -2.15. The summed E-state index contributed by atoms with van der Waals surface area (Å²) in [5, 5.41) is 0. The molecule has 0 bridgehead atoms. The van der Waals surface area contributed by atoms with Gasteiger partial charge >= 0.3 is 0 Å². The largest absolute Gasteiger partial charge is 0.494 e. The van der Waals surface area contributed by atoms with Gasteiger partial charge in [0.25, 0.3) is 0 Å². The first-order chi connectivity index (χ1) is 10.2. The van der Waals surface area contributed by atoms with Gasteiger partial charge in [-0.3, -0.25) is 4.79 Å². The molecule has 4 nitrogen and oxygen atoms in total. The second-order valence-electron chi connectivity index (χ2n) is 6.21. The highest BCUT2D eigenvalue weighted by Gasteiger charge is 2.30. The van der Waals surface area contributed by atoms with Gasteiger partial charge in [0.1, 0.15) is 5.75 Å². The molecule has 3 rings (SSSR count). The normalized spacial score (nSPS) is 22.4. The van der Waals surface area contributed by atoms with E-state index in [2.05, 4.69) is 4.90 Å². The van der Waals surface area contributed by atoms with E-state index in [1.807, 2.05) is 24.3 Å². The summed E-state index contributed by atoms with van der Waals surface area (Å²) in [4.78, 5) is 14.3. The first kappa shape index (κ1) is 14.5. The molecule has 2 N–H and O–H groups in total. The molecule has 2 aliphatic rings. The molecule has 1 aromatic rings. The van der Waals surface area contributed by atoms with Crippen LogP contribution in [0.2, 0.25) is 0 Å². The molecule has 0 aromatic heterocycles. The Morgan fingerprint density at radius 3 is 2.62 bits per heavy atom. The Bertz CT molecular complexity index is 482. The molecule has 0 spiro atoms. The van der Waals surface area contributed by atoms with Crippen LogP contribution in [-0.2, 0) is 0 Å². The van der Waals surface area contributed by atoms with Crippen LogP contribution in [0.15, 0.2) is 24.3 Å². The number of hydrogen-bond donors (Lipinski definition) is 1. The van der Waals surface area contributed by atoms with Crippen LogP contribution in [0.3, 0.4) is 0 Å². The highest BCUT2D eigenvalue weighted by molar-refractivity contribution is 5.99. The molecule has 1 aliphatic heterocycles. The van der Waals surface area contributed by atoms with Crippen molar-refractivity contribution in [1.82, 2.24) is 4.90 Å². The Morgan fingerprint density at radius 1 is 1.24 bits per heavy atom. The zero-order chi connectivity index (χ0) is 14.7. The van der Waals surface area contributed by atoms with Gasteiger partial charge in [0.15, 0.2) is 5.78 Å². The Balaban J connectivity index is 1.38. The van der Waals surface area contributed by atoms with Crippen molar-refractivity contribution in [2.75, 3.05) is 26.2 Å². The summed E-state index contributed by atoms with van der Waals surface area (Å²) < 4.78 is 5.73. The van der Waals surface area contributed by atoms with Gasteiger partial charge < -0.3 is 15.4 Å². The number of nitrogens with zero attached hydrogens (tertiary/aromatic N) is 1. The number of nitrogens with two attached hydrogens (primary N) is 1. The fourth-order valence-electron chi connectivity index (χ4n) is 2.84. The minimum absolute atomic E-state index is 0.281. The minimum atomic E-state index is 0.281. The Hall–Kier alpha value is -1.39. The Kier molecular flexibility index (Phi) is 4.56. The second-order valence-corrected chi connectivity index (χ2v) is 6.21. The number of carbonyl (C=O) groups excluding carboxylic acids is 1. The van der Waals surface area contributed by atoms with E-state index >= 15 is 0 Å². The van der Waals surface area contributed by atoms with E-state index in [1.165, 1.54) is 0 Å². The molecule has 0 radical (unpaired) electrons. The monoisotopic (exact) mass is 288 g/mol. The average molecular weight is 288 g/mol. The number of ketones is 1. The Morgan fingerprint density at radius 2 is 2.00 bits per heavy atom. The van der Waals surface area contributed by atoms with Gasteiger partial charge in [-0.05, 0) is 56.5 Å². The molecular formula is C17H24N2O2. The predicted octanol–water partition coefficient (Wildman–Crippen LogP) is 2.08. The van der Waals surface area contributed by atoms with Gasteiger partial charge in [-0.1, -0.05) is 0 Å². The molecule has 114 valence electrons. The number of rotatable bonds is 7. The lowest BCUT2D eigenvalue weighted by molar-refractivity contribution is 0.0967. The van der Waals surface area contributed by atoms with Crippen molar-refractivity contribution in [2.24, 2.45) is 11.7 Å². The van der Waals surface area contributed by atoms with Crippen LogP contribution in [0.4, 0.5) is 0 Å². The van der Waals surface area contributed by atoms with Crippen LogP contribution < -0.4 is 10.5 Å². The summed E-state index contributed by atoms with van der Waals surface area (Å²) in [6, 6.07) is 7.93. The van der Waals surface area contributed by atoms with E-state index in [4.69, 9.17) is 10.5 Å². The number of ether oxygens (including phenoxy) is 1. The highest BCUT2D eigenvalue weighted by atomic mass is 16.5. The Labute approximate surface area is 126 Å². The van der Waals surface area contributed by atoms with E-state index in [0.717, 1.165) is 56.6 Å². The summed E-state index contributed by atoms with van der Waals surface area (Å²) in [6.07, 6.45) is 4.22. The molecule has 21 heavy (non-hydrogen) atoms. The van der Waals surface area contributed by atoms with Gasteiger partial charge in [0.2, 0.25) is 0 Å². The van der Waals surface area contributed by atoms with Crippen molar-refractivity contribution in [3.63, 3.8) is 0 Å². The van der Waals surface area contributed by atoms with E-state index in [-0.39, 0.29) is 11.7 Å².